The molecule has 0 aliphatic carbocycles. The number of carbonyl (C=O) groups is 2. The van der Waals surface area contributed by atoms with Gasteiger partial charge in [0.15, 0.2) is 0 Å². The van der Waals surface area contributed by atoms with Gasteiger partial charge >= 0.3 is 0 Å². The first kappa shape index (κ1) is 18.2. The van der Waals surface area contributed by atoms with Gasteiger partial charge in [0.25, 0.3) is 11.8 Å². The van der Waals surface area contributed by atoms with Gasteiger partial charge in [0.1, 0.15) is 22.3 Å². The Bertz CT molecular complexity index is 959. The highest BCUT2D eigenvalue weighted by Crippen LogP contribution is 2.34. The summed E-state index contributed by atoms with van der Waals surface area (Å²) in [6, 6.07) is 8.86. The summed E-state index contributed by atoms with van der Waals surface area (Å²) in [5.41, 5.74) is 1.43. The van der Waals surface area contributed by atoms with Crippen LogP contribution in [0.4, 0.5) is 15.8 Å². The Labute approximate surface area is 159 Å². The molecule has 1 heterocycles. The van der Waals surface area contributed by atoms with E-state index < -0.39 is 17.6 Å². The lowest BCUT2D eigenvalue weighted by Gasteiger charge is -2.16. The van der Waals surface area contributed by atoms with E-state index in [4.69, 9.17) is 27.9 Å². The van der Waals surface area contributed by atoms with Crippen molar-refractivity contribution in [2.45, 2.75) is 6.92 Å². The number of benzene rings is 2. The van der Waals surface area contributed by atoms with Gasteiger partial charge in [-0.3, -0.25) is 9.59 Å². The summed E-state index contributed by atoms with van der Waals surface area (Å²) in [4.78, 5) is 26.0. The van der Waals surface area contributed by atoms with E-state index in [1.165, 1.54) is 19.2 Å². The monoisotopic (exact) mass is 394 g/mol. The number of nitrogens with zero attached hydrogens (tertiary/aromatic N) is 1. The number of amides is 2. The Morgan fingerprint density at radius 1 is 1.08 bits per heavy atom. The molecule has 1 aliphatic heterocycles. The molecular weight excluding hydrogens is 382 g/mol. The number of halogens is 3. The fraction of sp³-hybridized carbons (Fsp3) is 0.111. The second-order valence-electron chi connectivity index (χ2n) is 5.56. The summed E-state index contributed by atoms with van der Waals surface area (Å²) in [5.74, 6) is -1.58. The van der Waals surface area contributed by atoms with Crippen molar-refractivity contribution in [3.8, 4) is 5.75 Å². The molecule has 2 amide bonds. The molecule has 2 aromatic rings. The molecule has 0 fully saturated rings. The van der Waals surface area contributed by atoms with E-state index in [1.54, 1.807) is 12.1 Å². The minimum absolute atomic E-state index is 0.0963. The molecule has 5 nitrogen and oxygen atoms in total. The first-order valence-electron chi connectivity index (χ1n) is 7.48. The quantitative estimate of drug-likeness (QED) is 0.788. The standard InChI is InChI=1S/C18H13Cl2FN2O3/c1-9-3-6-14(26-2)13(7-9)22-16-15(20)17(24)23(18(16)25)10-4-5-12(21)11(19)8-10/h3-8,22H,1-2H3. The third kappa shape index (κ3) is 3.13. The van der Waals surface area contributed by atoms with E-state index in [9.17, 15) is 14.0 Å². The van der Waals surface area contributed by atoms with Gasteiger partial charge in [0.05, 0.1) is 23.5 Å². The zero-order valence-electron chi connectivity index (χ0n) is 13.8. The first-order valence-corrected chi connectivity index (χ1v) is 8.24. The van der Waals surface area contributed by atoms with Crippen molar-refractivity contribution in [2.75, 3.05) is 17.3 Å². The maximum absolute atomic E-state index is 13.4. The van der Waals surface area contributed by atoms with Crippen LogP contribution in [0.5, 0.6) is 5.75 Å². The van der Waals surface area contributed by atoms with Crippen molar-refractivity contribution in [2.24, 2.45) is 0 Å². The summed E-state index contributed by atoms with van der Waals surface area (Å²) in [5, 5.41) is 2.37. The van der Waals surface area contributed by atoms with Crippen molar-refractivity contribution < 1.29 is 18.7 Å². The minimum atomic E-state index is -0.728. The highest BCUT2D eigenvalue weighted by molar-refractivity contribution is 6.53. The number of aryl methyl sites for hydroxylation is 1. The molecule has 2 aromatic carbocycles. The molecule has 1 N–H and O–H groups in total. The Balaban J connectivity index is 1.97. The van der Waals surface area contributed by atoms with Gasteiger partial charge in [-0.05, 0) is 42.8 Å². The van der Waals surface area contributed by atoms with Crippen molar-refractivity contribution in [1.82, 2.24) is 0 Å². The molecule has 0 saturated carbocycles. The highest BCUT2D eigenvalue weighted by Gasteiger charge is 2.39. The maximum Gasteiger partial charge on any atom is 0.283 e. The van der Waals surface area contributed by atoms with E-state index in [0.717, 1.165) is 16.5 Å². The number of hydrogen-bond acceptors (Lipinski definition) is 4. The lowest BCUT2D eigenvalue weighted by molar-refractivity contribution is -0.120. The van der Waals surface area contributed by atoms with Crippen LogP contribution in [0.2, 0.25) is 5.02 Å². The van der Waals surface area contributed by atoms with Gasteiger partial charge < -0.3 is 10.1 Å². The van der Waals surface area contributed by atoms with Gasteiger partial charge in [0.2, 0.25) is 0 Å². The van der Waals surface area contributed by atoms with Crippen LogP contribution in [-0.2, 0) is 9.59 Å². The topological polar surface area (TPSA) is 58.6 Å². The van der Waals surface area contributed by atoms with Crippen LogP contribution in [0.15, 0.2) is 47.1 Å². The molecule has 26 heavy (non-hydrogen) atoms. The molecule has 0 saturated heterocycles. The molecule has 0 spiro atoms. The minimum Gasteiger partial charge on any atom is -0.495 e. The zero-order chi connectivity index (χ0) is 19.0. The molecular formula is C18H13Cl2FN2O3. The van der Waals surface area contributed by atoms with E-state index in [2.05, 4.69) is 5.32 Å². The fourth-order valence-electron chi connectivity index (χ4n) is 2.52. The summed E-state index contributed by atoms with van der Waals surface area (Å²) >= 11 is 11.8. The van der Waals surface area contributed by atoms with Crippen molar-refractivity contribution >= 4 is 46.4 Å². The summed E-state index contributed by atoms with van der Waals surface area (Å²) in [6.45, 7) is 1.87. The number of nitrogens with one attached hydrogen (secondary N) is 1. The highest BCUT2D eigenvalue weighted by atomic mass is 35.5. The molecule has 0 unspecified atom stereocenters. The van der Waals surface area contributed by atoms with Crippen LogP contribution in [0.25, 0.3) is 0 Å². The van der Waals surface area contributed by atoms with Crippen LogP contribution in [0, 0.1) is 12.7 Å². The van der Waals surface area contributed by atoms with Crippen LogP contribution in [0.3, 0.4) is 0 Å². The second-order valence-corrected chi connectivity index (χ2v) is 6.35. The maximum atomic E-state index is 13.4. The number of ether oxygens (including phenoxy) is 1. The third-order valence-corrected chi connectivity index (χ3v) is 4.44. The van der Waals surface area contributed by atoms with Gasteiger partial charge in [-0.25, -0.2) is 9.29 Å². The predicted molar refractivity (Wildman–Crippen MR) is 98.1 cm³/mol. The second kappa shape index (κ2) is 6.97. The molecule has 0 aromatic heterocycles. The lowest BCUT2D eigenvalue weighted by Crippen LogP contribution is -2.32. The van der Waals surface area contributed by atoms with Crippen molar-refractivity contribution in [1.29, 1.82) is 0 Å². The number of hydrogen-bond donors (Lipinski definition) is 1. The third-order valence-electron chi connectivity index (χ3n) is 3.80. The first-order chi connectivity index (χ1) is 12.3. The normalized spacial score (nSPS) is 14.3. The van der Waals surface area contributed by atoms with Crippen molar-refractivity contribution in [3.63, 3.8) is 0 Å². The molecule has 0 radical (unpaired) electrons. The Morgan fingerprint density at radius 2 is 1.81 bits per heavy atom. The van der Waals surface area contributed by atoms with Gasteiger partial charge in [-0.15, -0.1) is 0 Å². The number of carbonyl (C=O) groups excluding carboxylic acids is 2. The van der Waals surface area contributed by atoms with Crippen LogP contribution in [0.1, 0.15) is 5.56 Å². The molecule has 8 heteroatoms. The largest absolute Gasteiger partial charge is 0.495 e. The van der Waals surface area contributed by atoms with Crippen LogP contribution >= 0.6 is 23.2 Å². The zero-order valence-corrected chi connectivity index (χ0v) is 15.3. The number of anilines is 2. The Hall–Kier alpha value is -2.57. The van der Waals surface area contributed by atoms with Crippen LogP contribution in [-0.4, -0.2) is 18.9 Å². The molecule has 0 bridgehead atoms. The molecule has 134 valence electrons. The van der Waals surface area contributed by atoms with E-state index >= 15 is 0 Å². The molecule has 0 atom stereocenters. The van der Waals surface area contributed by atoms with Gasteiger partial charge in [0, 0.05) is 0 Å². The lowest BCUT2D eigenvalue weighted by atomic mass is 10.2. The van der Waals surface area contributed by atoms with Gasteiger partial charge in [-0.2, -0.15) is 0 Å². The Kier molecular flexibility index (Phi) is 4.89. The smallest absolute Gasteiger partial charge is 0.283 e. The number of rotatable bonds is 4. The van der Waals surface area contributed by atoms with E-state index in [1.807, 2.05) is 13.0 Å². The molecule has 1 aliphatic rings. The number of methoxy groups -OCH3 is 1. The predicted octanol–water partition coefficient (Wildman–Crippen LogP) is 4.23. The summed E-state index contributed by atoms with van der Waals surface area (Å²) in [7, 11) is 1.49. The average Bonchev–Trinajstić information content (AvgIpc) is 2.81. The van der Waals surface area contributed by atoms with Crippen LogP contribution < -0.4 is 15.0 Å². The average molecular weight is 395 g/mol. The Morgan fingerprint density at radius 3 is 2.46 bits per heavy atom. The molecule has 3 rings (SSSR count). The fourth-order valence-corrected chi connectivity index (χ4v) is 2.91. The summed E-state index contributed by atoms with van der Waals surface area (Å²) < 4.78 is 18.6. The van der Waals surface area contributed by atoms with Gasteiger partial charge in [-0.1, -0.05) is 29.3 Å². The van der Waals surface area contributed by atoms with E-state index in [-0.39, 0.29) is 21.4 Å². The summed E-state index contributed by atoms with van der Waals surface area (Å²) in [6.07, 6.45) is 0. The SMILES string of the molecule is COc1ccc(C)cc1NC1=C(Cl)C(=O)N(c2ccc(F)c(Cl)c2)C1=O. The number of imide groups is 1. The van der Waals surface area contributed by atoms with Crippen molar-refractivity contribution in [3.05, 3.63) is 63.5 Å². The van der Waals surface area contributed by atoms with E-state index in [0.29, 0.717) is 11.4 Å².